The van der Waals surface area contributed by atoms with Gasteiger partial charge in [0.05, 0.1) is 5.56 Å². The first kappa shape index (κ1) is 16.1. The van der Waals surface area contributed by atoms with Crippen molar-refractivity contribution in [2.45, 2.75) is 6.92 Å². The summed E-state index contributed by atoms with van der Waals surface area (Å²) in [6, 6.07) is 15.4. The van der Waals surface area contributed by atoms with Crippen molar-refractivity contribution < 1.29 is 4.98 Å². The van der Waals surface area contributed by atoms with E-state index in [0.29, 0.717) is 16.3 Å². The number of aromatic nitrogens is 2. The Balaban J connectivity index is 2.26. The molecule has 0 saturated heterocycles. The Morgan fingerprint density at radius 2 is 1.79 bits per heavy atom. The van der Waals surface area contributed by atoms with E-state index in [-0.39, 0.29) is 5.56 Å². The molecular weight excluding hydrogens is 320 g/mol. The lowest BCUT2D eigenvalue weighted by molar-refractivity contribution is -0.337. The lowest BCUT2D eigenvalue weighted by Crippen LogP contribution is -2.42. The Morgan fingerprint density at radius 3 is 2.46 bits per heavy atom. The third-order valence-corrected chi connectivity index (χ3v) is 4.23. The van der Waals surface area contributed by atoms with Crippen molar-refractivity contribution in [2.24, 2.45) is 0 Å². The minimum Gasteiger partial charge on any atom is -0.353 e. The number of H-pyrrole nitrogens is 1. The summed E-state index contributed by atoms with van der Waals surface area (Å²) in [4.78, 5) is 18.0. The molecule has 0 radical (unpaired) electrons. The van der Waals surface area contributed by atoms with Crippen molar-refractivity contribution in [1.82, 2.24) is 9.58 Å². The van der Waals surface area contributed by atoms with Gasteiger partial charge < -0.3 is 4.90 Å². The van der Waals surface area contributed by atoms with Crippen molar-refractivity contribution in [3.63, 3.8) is 0 Å². The Labute approximate surface area is 145 Å². The van der Waals surface area contributed by atoms with Crippen molar-refractivity contribution in [2.75, 3.05) is 19.5 Å². The molecule has 122 valence electrons. The molecule has 5 nitrogen and oxygen atoms in total. The number of thiocarbonyl (C=S) groups is 1. The van der Waals surface area contributed by atoms with Gasteiger partial charge in [0.15, 0.2) is 0 Å². The van der Waals surface area contributed by atoms with Crippen LogP contribution < -0.4 is 16.0 Å². The molecule has 0 saturated carbocycles. The molecule has 0 unspecified atom stereocenters. The maximum Gasteiger partial charge on any atom is 0.369 e. The number of benzene rings is 2. The van der Waals surface area contributed by atoms with Gasteiger partial charge in [-0.25, -0.2) is 9.78 Å². The number of hydrogen-bond donors (Lipinski definition) is 1. The fourth-order valence-corrected chi connectivity index (χ4v) is 2.49. The second kappa shape index (κ2) is 6.41. The topological polar surface area (TPSA) is 51.4 Å². The summed E-state index contributed by atoms with van der Waals surface area (Å²) in [6.07, 6.45) is 0. The zero-order valence-corrected chi connectivity index (χ0v) is 14.6. The zero-order valence-electron chi connectivity index (χ0n) is 13.8. The van der Waals surface area contributed by atoms with Crippen molar-refractivity contribution in [3.8, 4) is 11.4 Å². The van der Waals surface area contributed by atoms with Crippen LogP contribution in [-0.2, 0) is 0 Å². The highest BCUT2D eigenvalue weighted by Gasteiger charge is 2.21. The highest BCUT2D eigenvalue weighted by molar-refractivity contribution is 7.80. The van der Waals surface area contributed by atoms with Gasteiger partial charge in [-0.15, -0.1) is 0 Å². The van der Waals surface area contributed by atoms with E-state index in [4.69, 9.17) is 12.2 Å². The predicted octanol–water partition coefficient (Wildman–Crippen LogP) is 2.18. The van der Waals surface area contributed by atoms with Gasteiger partial charge in [-0.3, -0.25) is 0 Å². The van der Waals surface area contributed by atoms with Gasteiger partial charge in [0.2, 0.25) is 5.11 Å². The highest BCUT2D eigenvalue weighted by atomic mass is 32.1. The number of hydrogen-bond acceptors (Lipinski definition) is 2. The highest BCUT2D eigenvalue weighted by Crippen LogP contribution is 2.15. The lowest BCUT2D eigenvalue weighted by atomic mass is 10.1. The first-order chi connectivity index (χ1) is 11.5. The third-order valence-electron chi connectivity index (χ3n) is 3.78. The van der Waals surface area contributed by atoms with Gasteiger partial charge >= 0.3 is 11.4 Å². The van der Waals surface area contributed by atoms with E-state index in [1.54, 1.807) is 11.0 Å². The first-order valence-electron chi connectivity index (χ1n) is 7.60. The molecule has 6 heteroatoms. The smallest absolute Gasteiger partial charge is 0.353 e. The third kappa shape index (κ3) is 3.00. The monoisotopic (exact) mass is 339 g/mol. The molecule has 0 amide bonds. The summed E-state index contributed by atoms with van der Waals surface area (Å²) < 4.78 is 1.47. The van der Waals surface area contributed by atoms with Crippen LogP contribution in [-0.4, -0.2) is 28.8 Å². The van der Waals surface area contributed by atoms with Crippen LogP contribution in [0.3, 0.4) is 0 Å². The molecular formula is C18H19N4OS+. The summed E-state index contributed by atoms with van der Waals surface area (Å²) >= 11 is 5.31. The van der Waals surface area contributed by atoms with E-state index in [9.17, 15) is 4.79 Å². The minimum absolute atomic E-state index is 0.149. The number of aryl methyl sites for hydroxylation is 1. The Hall–Kier alpha value is -2.73. The Bertz CT molecular complexity index is 961. The fourth-order valence-electron chi connectivity index (χ4n) is 2.40. The quantitative estimate of drug-likeness (QED) is 0.727. The average molecular weight is 339 g/mol. The van der Waals surface area contributed by atoms with Crippen molar-refractivity contribution >= 4 is 28.2 Å². The predicted molar refractivity (Wildman–Crippen MR) is 101 cm³/mol. The second-order valence-corrected chi connectivity index (χ2v) is 6.22. The number of rotatable bonds is 2. The van der Waals surface area contributed by atoms with Crippen LogP contribution in [0.4, 0.5) is 0 Å². The van der Waals surface area contributed by atoms with E-state index >= 15 is 0 Å². The molecule has 0 bridgehead atoms. The van der Waals surface area contributed by atoms with Crippen LogP contribution in [0, 0.1) is 6.92 Å². The fraction of sp³-hybridized carbons (Fsp3) is 0.167. The largest absolute Gasteiger partial charge is 0.369 e. The molecule has 1 heterocycles. The van der Waals surface area contributed by atoms with Gasteiger partial charge in [-0.2, -0.15) is 5.43 Å². The Kier molecular flexibility index (Phi) is 4.31. The number of nitrogens with zero attached hydrogens (tertiary/aromatic N) is 2. The van der Waals surface area contributed by atoms with Gasteiger partial charge in [0, 0.05) is 14.1 Å². The summed E-state index contributed by atoms with van der Waals surface area (Å²) in [6.45, 7) is 2.03. The van der Waals surface area contributed by atoms with E-state index in [1.165, 1.54) is 4.68 Å². The van der Waals surface area contributed by atoms with Crippen LogP contribution in [0.2, 0.25) is 0 Å². The molecule has 2 aromatic carbocycles. The SMILES string of the molecule is Cc1ccc(-c2[nH+]c3ccccc3c(=O)n2NC(=S)N(C)C)cc1. The minimum atomic E-state index is -0.149. The molecule has 0 fully saturated rings. The average Bonchev–Trinajstić information content (AvgIpc) is 2.58. The van der Waals surface area contributed by atoms with E-state index < -0.39 is 0 Å². The lowest BCUT2D eigenvalue weighted by Gasteiger charge is -2.15. The number of fused-ring (bicyclic) bond motifs is 1. The molecule has 1 aromatic heterocycles. The van der Waals surface area contributed by atoms with Crippen LogP contribution >= 0.6 is 12.2 Å². The second-order valence-electron chi connectivity index (χ2n) is 5.84. The molecule has 24 heavy (non-hydrogen) atoms. The molecule has 2 N–H and O–H groups in total. The summed E-state index contributed by atoms with van der Waals surface area (Å²) in [7, 11) is 3.66. The maximum atomic E-state index is 12.9. The summed E-state index contributed by atoms with van der Waals surface area (Å²) in [5.41, 5.74) is 5.71. The van der Waals surface area contributed by atoms with Gasteiger partial charge in [0.1, 0.15) is 10.9 Å². The van der Waals surface area contributed by atoms with Gasteiger partial charge in [-0.1, -0.05) is 34.5 Å². The zero-order chi connectivity index (χ0) is 17.3. The maximum absolute atomic E-state index is 12.9. The normalized spacial score (nSPS) is 10.6. The van der Waals surface area contributed by atoms with Gasteiger partial charge in [0.25, 0.3) is 0 Å². The summed E-state index contributed by atoms with van der Waals surface area (Å²) in [5, 5.41) is 1.05. The van der Waals surface area contributed by atoms with E-state index in [1.807, 2.05) is 63.5 Å². The molecule has 3 rings (SSSR count). The standard InChI is InChI=1S/C18H18N4OS/c1-12-8-10-13(11-9-12)16-19-15-7-5-4-6-14(15)17(23)22(16)20-18(24)21(2)3/h4-11H,1-3H3,(H,20,24)/p+1. The molecule has 0 aliphatic carbocycles. The Morgan fingerprint density at radius 1 is 1.12 bits per heavy atom. The van der Waals surface area contributed by atoms with Crippen LogP contribution in [0.25, 0.3) is 22.3 Å². The molecule has 0 aliphatic heterocycles. The van der Waals surface area contributed by atoms with E-state index in [0.717, 1.165) is 16.6 Å². The number of nitrogens with one attached hydrogen (secondary N) is 2. The van der Waals surface area contributed by atoms with Crippen LogP contribution in [0.1, 0.15) is 5.56 Å². The van der Waals surface area contributed by atoms with Crippen LogP contribution in [0.15, 0.2) is 53.3 Å². The molecule has 0 spiro atoms. The number of aromatic amines is 1. The van der Waals surface area contributed by atoms with Crippen LogP contribution in [0.5, 0.6) is 0 Å². The van der Waals surface area contributed by atoms with Crippen molar-refractivity contribution in [1.29, 1.82) is 0 Å². The van der Waals surface area contributed by atoms with E-state index in [2.05, 4.69) is 10.4 Å². The molecule has 3 aromatic rings. The first-order valence-corrected chi connectivity index (χ1v) is 8.00. The molecule has 0 atom stereocenters. The number of para-hydroxylation sites is 1. The van der Waals surface area contributed by atoms with Gasteiger partial charge in [-0.05, 0) is 43.4 Å². The molecule has 0 aliphatic rings. The summed E-state index contributed by atoms with van der Waals surface area (Å²) in [5.74, 6) is 0.655. The van der Waals surface area contributed by atoms with Crippen molar-refractivity contribution in [3.05, 3.63) is 64.4 Å².